The van der Waals surface area contributed by atoms with Gasteiger partial charge in [0.05, 0.1) is 23.3 Å². The van der Waals surface area contributed by atoms with E-state index in [4.69, 9.17) is 10.5 Å². The number of cyclic esters (lactones) is 1. The van der Waals surface area contributed by atoms with Crippen molar-refractivity contribution in [2.45, 2.75) is 46.8 Å². The van der Waals surface area contributed by atoms with Crippen LogP contribution in [0, 0.1) is 24.7 Å². The Bertz CT molecular complexity index is 1100. The molecule has 0 amide bonds. The van der Waals surface area contributed by atoms with Gasteiger partial charge in [-0.3, -0.25) is 19.2 Å². The number of carbonyl (C=O) groups excluding carboxylic acids is 4. The molecule has 2 aliphatic rings. The molecule has 8 heteroatoms. The second-order valence-electron chi connectivity index (χ2n) is 8.71. The molecule has 0 aromatic heterocycles. The maximum atomic E-state index is 13.3. The number of allylic oxidation sites excluding steroid dienone is 3. The van der Waals surface area contributed by atoms with Crippen LogP contribution in [0.25, 0.3) is 0 Å². The molecule has 4 N–H and O–H groups in total. The number of benzene rings is 1. The van der Waals surface area contributed by atoms with Crippen molar-refractivity contribution in [2.24, 2.45) is 23.5 Å². The van der Waals surface area contributed by atoms with Crippen LogP contribution in [0.15, 0.2) is 29.5 Å². The number of Topliss-reactive ketones (excluding diaryl/α,β-unsaturated/α-hetero) is 2. The molecule has 8 nitrogen and oxygen atoms in total. The molecule has 1 aliphatic heterocycles. The molecule has 1 fully saturated rings. The minimum absolute atomic E-state index is 0.0264. The third-order valence-corrected chi connectivity index (χ3v) is 6.34. The van der Waals surface area contributed by atoms with E-state index in [2.05, 4.69) is 0 Å². The van der Waals surface area contributed by atoms with Gasteiger partial charge in [-0.1, -0.05) is 19.9 Å². The van der Waals surface area contributed by atoms with Crippen molar-refractivity contribution in [2.75, 3.05) is 0 Å². The second-order valence-corrected chi connectivity index (χ2v) is 8.71. The Labute approximate surface area is 185 Å². The first-order valence-electron chi connectivity index (χ1n) is 10.4. The zero-order valence-electron chi connectivity index (χ0n) is 18.6. The zero-order chi connectivity index (χ0) is 24.1. The van der Waals surface area contributed by atoms with E-state index in [0.29, 0.717) is 0 Å². The van der Waals surface area contributed by atoms with Crippen LogP contribution < -0.4 is 5.73 Å². The highest BCUT2D eigenvalue weighted by Gasteiger charge is 2.42. The molecule has 1 aromatic carbocycles. The summed E-state index contributed by atoms with van der Waals surface area (Å²) in [7, 11) is 0. The molecule has 0 spiro atoms. The molecule has 32 heavy (non-hydrogen) atoms. The van der Waals surface area contributed by atoms with Crippen molar-refractivity contribution >= 4 is 23.3 Å². The summed E-state index contributed by atoms with van der Waals surface area (Å²) in [5, 5.41) is 20.9. The number of rotatable bonds is 4. The molecule has 0 radical (unpaired) electrons. The van der Waals surface area contributed by atoms with Crippen LogP contribution in [-0.2, 0) is 9.53 Å². The molecule has 5 unspecified atom stereocenters. The van der Waals surface area contributed by atoms with Gasteiger partial charge in [-0.2, -0.15) is 0 Å². The quantitative estimate of drug-likeness (QED) is 0.367. The van der Waals surface area contributed by atoms with E-state index < -0.39 is 47.4 Å². The third-order valence-electron chi connectivity index (χ3n) is 6.34. The predicted molar refractivity (Wildman–Crippen MR) is 115 cm³/mol. The molecule has 1 aliphatic carbocycles. The van der Waals surface area contributed by atoms with Crippen molar-refractivity contribution in [3.8, 4) is 5.75 Å². The third kappa shape index (κ3) is 3.75. The van der Waals surface area contributed by atoms with Crippen LogP contribution in [0.3, 0.4) is 0 Å². The number of nitrogens with two attached hydrogens (primary N) is 1. The minimum atomic E-state index is -0.873. The average molecular weight is 441 g/mol. The summed E-state index contributed by atoms with van der Waals surface area (Å²) in [6.07, 6.45) is 1.00. The lowest BCUT2D eigenvalue weighted by Gasteiger charge is -2.38. The number of ketones is 3. The van der Waals surface area contributed by atoms with Gasteiger partial charge < -0.3 is 20.7 Å². The molecule has 1 aromatic rings. The first-order valence-corrected chi connectivity index (χ1v) is 10.4. The summed E-state index contributed by atoms with van der Waals surface area (Å²) in [4.78, 5) is 50.4. The Morgan fingerprint density at radius 3 is 2.50 bits per heavy atom. The second kappa shape index (κ2) is 8.35. The van der Waals surface area contributed by atoms with E-state index in [0.717, 1.165) is 6.08 Å². The molecular weight excluding hydrogens is 414 g/mol. The normalized spacial score (nSPS) is 26.9. The summed E-state index contributed by atoms with van der Waals surface area (Å²) in [6.45, 7) is 8.14. The number of hydrogen-bond acceptors (Lipinski definition) is 8. The van der Waals surface area contributed by atoms with Crippen LogP contribution in [0.2, 0.25) is 0 Å². The van der Waals surface area contributed by atoms with E-state index in [1.165, 1.54) is 19.9 Å². The number of carbonyl (C=O) groups is 4. The number of ether oxygens (including phenoxy) is 1. The van der Waals surface area contributed by atoms with Crippen LogP contribution >= 0.6 is 0 Å². The van der Waals surface area contributed by atoms with Gasteiger partial charge in [0.1, 0.15) is 11.9 Å². The number of phenolic OH excluding ortho intramolecular Hbond substituents is 1. The van der Waals surface area contributed by atoms with E-state index in [1.807, 2.05) is 0 Å². The summed E-state index contributed by atoms with van der Waals surface area (Å²) < 4.78 is 5.48. The average Bonchev–Trinajstić information content (AvgIpc) is 2.73. The lowest BCUT2D eigenvalue weighted by molar-refractivity contribution is -0.180. The highest BCUT2D eigenvalue weighted by atomic mass is 16.5. The lowest BCUT2D eigenvalue weighted by Crippen LogP contribution is -2.48. The maximum absolute atomic E-state index is 13.3. The standard InChI is InChI=1S/C24H27NO7/c1-9(6-11(3)23-12(4)21(29)13(5)24(31)32-23)19(27)18-17-14(7-10(2)20(18)28)22(30)15(25)8-16(17)26/h6-8,11-13,21,23,28-29H,25H2,1-5H3. The fraction of sp³-hybridized carbons (Fsp3) is 0.417. The number of aromatic hydroxyl groups is 1. The molecule has 0 bridgehead atoms. The number of aliphatic hydroxyl groups excluding tert-OH is 1. The SMILES string of the molecule is CC(=CC(C)C1OC(=O)C(C)C(O)C1C)C(=O)c1c(O)c(C)cc2c1C(=O)C=C(N)C2=O. The molecule has 1 saturated heterocycles. The molecule has 5 atom stereocenters. The predicted octanol–water partition coefficient (Wildman–Crippen LogP) is 2.25. The number of hydrogen-bond donors (Lipinski definition) is 3. The van der Waals surface area contributed by atoms with Crippen LogP contribution in [0.5, 0.6) is 5.75 Å². The topological polar surface area (TPSA) is 144 Å². The highest BCUT2D eigenvalue weighted by Crippen LogP contribution is 2.35. The number of aryl methyl sites for hydroxylation is 1. The summed E-state index contributed by atoms with van der Waals surface area (Å²) in [5.41, 5.74) is 5.38. The van der Waals surface area contributed by atoms with Crippen molar-refractivity contribution in [3.05, 3.63) is 51.7 Å². The lowest BCUT2D eigenvalue weighted by atomic mass is 9.80. The van der Waals surface area contributed by atoms with Gasteiger partial charge in [0.2, 0.25) is 5.78 Å². The zero-order valence-corrected chi connectivity index (χ0v) is 18.6. The smallest absolute Gasteiger partial charge is 0.311 e. The first-order chi connectivity index (χ1) is 14.9. The van der Waals surface area contributed by atoms with E-state index in [9.17, 15) is 29.4 Å². The summed E-state index contributed by atoms with van der Waals surface area (Å²) in [6, 6.07) is 1.34. The fourth-order valence-corrected chi connectivity index (χ4v) is 4.38. The number of aliphatic hydroxyl groups is 1. The van der Waals surface area contributed by atoms with Gasteiger partial charge in [-0.15, -0.1) is 0 Å². The Morgan fingerprint density at radius 2 is 1.88 bits per heavy atom. The Kier molecular flexibility index (Phi) is 6.11. The Balaban J connectivity index is 2.01. The van der Waals surface area contributed by atoms with Crippen molar-refractivity contribution in [1.29, 1.82) is 0 Å². The Hall–Kier alpha value is -3.26. The van der Waals surface area contributed by atoms with Crippen molar-refractivity contribution in [3.63, 3.8) is 0 Å². The van der Waals surface area contributed by atoms with Gasteiger partial charge in [-0.05, 0) is 38.0 Å². The van der Waals surface area contributed by atoms with Gasteiger partial charge in [0.15, 0.2) is 11.6 Å². The molecular formula is C24H27NO7. The monoisotopic (exact) mass is 441 g/mol. The summed E-state index contributed by atoms with van der Waals surface area (Å²) >= 11 is 0. The van der Waals surface area contributed by atoms with Gasteiger partial charge in [0.25, 0.3) is 0 Å². The number of fused-ring (bicyclic) bond motifs is 1. The van der Waals surface area contributed by atoms with E-state index >= 15 is 0 Å². The molecule has 1 heterocycles. The molecule has 170 valence electrons. The largest absolute Gasteiger partial charge is 0.507 e. The van der Waals surface area contributed by atoms with Crippen molar-refractivity contribution in [1.82, 2.24) is 0 Å². The molecule has 0 saturated carbocycles. The fourth-order valence-electron chi connectivity index (χ4n) is 4.38. The van der Waals surface area contributed by atoms with Crippen LogP contribution in [0.4, 0.5) is 0 Å². The molecule has 3 rings (SSSR count). The van der Waals surface area contributed by atoms with Gasteiger partial charge in [-0.25, -0.2) is 0 Å². The van der Waals surface area contributed by atoms with Crippen LogP contribution in [0.1, 0.15) is 64.3 Å². The highest BCUT2D eigenvalue weighted by molar-refractivity contribution is 6.29. The van der Waals surface area contributed by atoms with Crippen LogP contribution in [-0.4, -0.2) is 45.7 Å². The first kappa shape index (κ1) is 23.4. The summed E-state index contributed by atoms with van der Waals surface area (Å²) in [5.74, 6) is -4.18. The number of phenols is 1. The van der Waals surface area contributed by atoms with Gasteiger partial charge >= 0.3 is 5.97 Å². The Morgan fingerprint density at radius 1 is 1.25 bits per heavy atom. The maximum Gasteiger partial charge on any atom is 0.311 e. The van der Waals surface area contributed by atoms with Gasteiger partial charge in [0, 0.05) is 29.0 Å². The van der Waals surface area contributed by atoms with E-state index in [1.54, 1.807) is 26.8 Å². The van der Waals surface area contributed by atoms with E-state index in [-0.39, 0.29) is 45.2 Å². The number of esters is 1. The minimum Gasteiger partial charge on any atom is -0.507 e. The van der Waals surface area contributed by atoms with Crippen molar-refractivity contribution < 1.29 is 34.1 Å².